The summed E-state index contributed by atoms with van der Waals surface area (Å²) in [4.78, 5) is 12.1. The van der Waals surface area contributed by atoms with E-state index in [0.29, 0.717) is 0 Å². The number of halogens is 3. The van der Waals surface area contributed by atoms with Crippen molar-refractivity contribution in [2.75, 3.05) is 0 Å². The average molecular weight is 360 g/mol. The Bertz CT molecular complexity index is 653. The molecule has 2 atom stereocenters. The fourth-order valence-electron chi connectivity index (χ4n) is 2.17. The number of nitrogens with one attached hydrogen (secondary N) is 2. The van der Waals surface area contributed by atoms with Gasteiger partial charge < -0.3 is 25.2 Å². The number of benzene rings is 1. The van der Waals surface area contributed by atoms with Crippen LogP contribution in [0.1, 0.15) is 31.9 Å². The molecule has 138 valence electrons. The Hall–Kier alpha value is -2.42. The predicted octanol–water partition coefficient (Wildman–Crippen LogP) is 2.79. The first-order valence-corrected chi connectivity index (χ1v) is 7.40. The number of hydrogen-bond donors (Lipinski definition) is 3. The van der Waals surface area contributed by atoms with E-state index in [1.54, 1.807) is 20.8 Å². The van der Waals surface area contributed by atoms with Crippen molar-refractivity contribution in [3.8, 4) is 0 Å². The molecule has 2 unspecified atom stereocenters. The second kappa shape index (κ2) is 6.47. The molecule has 0 saturated heterocycles. The van der Waals surface area contributed by atoms with Crippen LogP contribution < -0.4 is 10.6 Å². The summed E-state index contributed by atoms with van der Waals surface area (Å²) in [6, 6.07) is 3.79. The van der Waals surface area contributed by atoms with Gasteiger partial charge in [0.05, 0.1) is 5.56 Å². The van der Waals surface area contributed by atoms with E-state index in [-0.39, 0.29) is 5.56 Å². The number of aliphatic hydroxyl groups excluding tert-OH is 1. The maximum Gasteiger partial charge on any atom is 0.416 e. The minimum Gasteiger partial charge on any atom is -0.451 e. The highest BCUT2D eigenvalue weighted by Gasteiger charge is 2.48. The summed E-state index contributed by atoms with van der Waals surface area (Å²) in [5.74, 6) is -2.03. The van der Waals surface area contributed by atoms with E-state index in [1.807, 2.05) is 0 Å². The number of carbonyl (C=O) groups is 1. The van der Waals surface area contributed by atoms with Gasteiger partial charge in [0.15, 0.2) is 0 Å². The fourth-order valence-corrected chi connectivity index (χ4v) is 2.17. The first-order valence-electron chi connectivity index (χ1n) is 7.40. The van der Waals surface area contributed by atoms with Gasteiger partial charge in [0.1, 0.15) is 6.26 Å². The average Bonchev–Trinajstić information content (AvgIpc) is 2.47. The Morgan fingerprint density at radius 2 is 1.88 bits per heavy atom. The Morgan fingerprint density at radius 3 is 2.36 bits per heavy atom. The van der Waals surface area contributed by atoms with Gasteiger partial charge in [-0.15, -0.1) is 0 Å². The molecule has 0 aliphatic carbocycles. The summed E-state index contributed by atoms with van der Waals surface area (Å²) in [6.07, 6.45) is -4.53. The van der Waals surface area contributed by atoms with E-state index >= 15 is 0 Å². The lowest BCUT2D eigenvalue weighted by atomic mass is 10.0. The lowest BCUT2D eigenvalue weighted by Gasteiger charge is -2.39. The van der Waals surface area contributed by atoms with Gasteiger partial charge in [-0.3, -0.25) is 0 Å². The second-order valence-electron chi connectivity index (χ2n) is 6.50. The molecule has 3 N–H and O–H groups in total. The first kappa shape index (κ1) is 18.9. The second-order valence-corrected chi connectivity index (χ2v) is 6.50. The monoisotopic (exact) mass is 360 g/mol. The summed E-state index contributed by atoms with van der Waals surface area (Å²) in [5, 5.41) is 15.3. The number of ether oxygens (including phenoxy) is 2. The van der Waals surface area contributed by atoms with Crippen molar-refractivity contribution in [1.82, 2.24) is 10.6 Å². The topological polar surface area (TPSA) is 79.8 Å². The van der Waals surface area contributed by atoms with Crippen LogP contribution >= 0.6 is 0 Å². The molecule has 9 heteroatoms. The highest BCUT2D eigenvalue weighted by Crippen LogP contribution is 2.36. The molecule has 0 radical (unpaired) electrons. The fraction of sp³-hybridized carbons (Fsp3) is 0.438. The molecule has 2 rings (SSSR count). The Kier molecular flexibility index (Phi) is 4.90. The van der Waals surface area contributed by atoms with Crippen molar-refractivity contribution in [3.63, 3.8) is 0 Å². The van der Waals surface area contributed by atoms with Crippen LogP contribution in [-0.2, 0) is 21.4 Å². The van der Waals surface area contributed by atoms with Crippen molar-refractivity contribution in [2.24, 2.45) is 0 Å². The van der Waals surface area contributed by atoms with Crippen LogP contribution in [0, 0.1) is 0 Å². The van der Waals surface area contributed by atoms with Gasteiger partial charge in [0, 0.05) is 17.3 Å². The Balaban J connectivity index is 2.36. The maximum absolute atomic E-state index is 12.7. The standard InChI is InChI=1S/C16H19F3N2O4/c1-14(2,3)21-13(23)25-15(12(22)20-8-9-24-15)10-4-6-11(7-5-10)16(17,18)19/h4-9,12,20,22H,1-3H3,(H,21,23). The number of carbonyl (C=O) groups excluding carboxylic acids is 1. The molecule has 1 heterocycles. The Labute approximate surface area is 142 Å². The first-order chi connectivity index (χ1) is 11.4. The van der Waals surface area contributed by atoms with Crippen LogP contribution in [-0.4, -0.2) is 23.0 Å². The van der Waals surface area contributed by atoms with E-state index in [9.17, 15) is 23.1 Å². The van der Waals surface area contributed by atoms with Crippen molar-refractivity contribution in [1.29, 1.82) is 0 Å². The summed E-state index contributed by atoms with van der Waals surface area (Å²) in [6.45, 7) is 5.15. The summed E-state index contributed by atoms with van der Waals surface area (Å²) in [5.41, 5.74) is -1.46. The van der Waals surface area contributed by atoms with Gasteiger partial charge in [-0.25, -0.2) is 4.79 Å². The van der Waals surface area contributed by atoms with Gasteiger partial charge in [0.25, 0.3) is 0 Å². The molecule has 1 amide bonds. The highest BCUT2D eigenvalue weighted by atomic mass is 19.4. The van der Waals surface area contributed by atoms with Crippen molar-refractivity contribution >= 4 is 6.09 Å². The van der Waals surface area contributed by atoms with E-state index in [2.05, 4.69) is 10.6 Å². The molecule has 0 saturated carbocycles. The molecular weight excluding hydrogens is 341 g/mol. The smallest absolute Gasteiger partial charge is 0.416 e. The molecule has 1 aliphatic rings. The third kappa shape index (κ3) is 4.36. The number of rotatable bonds is 2. The zero-order chi connectivity index (χ0) is 18.9. The van der Waals surface area contributed by atoms with Crippen molar-refractivity contribution in [3.05, 3.63) is 47.9 Å². The third-order valence-electron chi connectivity index (χ3n) is 3.26. The molecule has 0 spiro atoms. The van der Waals surface area contributed by atoms with Gasteiger partial charge >= 0.3 is 18.1 Å². The number of alkyl carbamates (subject to hydrolysis) is 1. The minimum absolute atomic E-state index is 0.0360. The quantitative estimate of drug-likeness (QED) is 0.756. The number of aliphatic hydroxyl groups is 1. The SMILES string of the molecule is CC(C)(C)NC(=O)OC1(c2ccc(C(F)(F)F)cc2)OC=CNC1O. The van der Waals surface area contributed by atoms with E-state index in [4.69, 9.17) is 9.47 Å². The van der Waals surface area contributed by atoms with Crippen LogP contribution in [0.4, 0.5) is 18.0 Å². The Morgan fingerprint density at radius 1 is 1.28 bits per heavy atom. The molecule has 1 aliphatic heterocycles. The molecular formula is C16H19F3N2O4. The molecule has 0 fully saturated rings. The zero-order valence-corrected chi connectivity index (χ0v) is 13.8. The van der Waals surface area contributed by atoms with Crippen LogP contribution in [0.25, 0.3) is 0 Å². The molecule has 1 aromatic rings. The minimum atomic E-state index is -4.51. The highest BCUT2D eigenvalue weighted by molar-refractivity contribution is 5.69. The van der Waals surface area contributed by atoms with Crippen LogP contribution in [0.5, 0.6) is 0 Å². The molecule has 0 bridgehead atoms. The van der Waals surface area contributed by atoms with Gasteiger partial charge in [0.2, 0.25) is 6.23 Å². The van der Waals surface area contributed by atoms with Crippen LogP contribution in [0.2, 0.25) is 0 Å². The number of alkyl halides is 3. The zero-order valence-electron chi connectivity index (χ0n) is 13.8. The lowest BCUT2D eigenvalue weighted by Crippen LogP contribution is -2.55. The molecule has 25 heavy (non-hydrogen) atoms. The van der Waals surface area contributed by atoms with Crippen LogP contribution in [0.3, 0.4) is 0 Å². The number of amides is 1. The van der Waals surface area contributed by atoms with E-state index in [0.717, 1.165) is 30.5 Å². The van der Waals surface area contributed by atoms with Crippen LogP contribution in [0.15, 0.2) is 36.7 Å². The lowest BCUT2D eigenvalue weighted by molar-refractivity contribution is -0.249. The van der Waals surface area contributed by atoms with Gasteiger partial charge in [-0.2, -0.15) is 13.2 Å². The van der Waals surface area contributed by atoms with Crippen molar-refractivity contribution < 1.29 is 32.5 Å². The summed E-state index contributed by atoms with van der Waals surface area (Å²) >= 11 is 0. The predicted molar refractivity (Wildman–Crippen MR) is 81.9 cm³/mol. The largest absolute Gasteiger partial charge is 0.451 e. The summed E-state index contributed by atoms with van der Waals surface area (Å²) < 4.78 is 48.8. The summed E-state index contributed by atoms with van der Waals surface area (Å²) in [7, 11) is 0. The number of hydrogen-bond acceptors (Lipinski definition) is 5. The molecule has 0 aromatic heterocycles. The van der Waals surface area contributed by atoms with Gasteiger partial charge in [-0.1, -0.05) is 12.1 Å². The van der Waals surface area contributed by atoms with Crippen molar-refractivity contribution in [2.45, 2.75) is 44.5 Å². The van der Waals surface area contributed by atoms with E-state index in [1.165, 1.54) is 6.20 Å². The molecule has 1 aromatic carbocycles. The van der Waals surface area contributed by atoms with E-state index < -0.39 is 35.4 Å². The van der Waals surface area contributed by atoms with Gasteiger partial charge in [-0.05, 0) is 32.9 Å². The normalized spacial score (nSPS) is 23.4. The molecule has 6 nitrogen and oxygen atoms in total. The maximum atomic E-state index is 12.7. The third-order valence-corrected chi connectivity index (χ3v) is 3.26.